The van der Waals surface area contributed by atoms with E-state index in [1.165, 1.54) is 11.3 Å². The number of ether oxygens (including phenoxy) is 1. The molecule has 2 heterocycles. The SMILES string of the molecule is CCOC(=O)c1cc(C)sc1NC(=O)C1CSCCN1. The summed E-state index contributed by atoms with van der Waals surface area (Å²) < 4.78 is 5.01. The zero-order valence-electron chi connectivity index (χ0n) is 11.5. The van der Waals surface area contributed by atoms with Crippen molar-refractivity contribution in [1.82, 2.24) is 5.32 Å². The van der Waals surface area contributed by atoms with Gasteiger partial charge in [-0.15, -0.1) is 11.3 Å². The molecular formula is C13H18N2O3S2. The fraction of sp³-hybridized carbons (Fsp3) is 0.538. The Hall–Kier alpha value is -1.05. The predicted molar refractivity (Wildman–Crippen MR) is 82.8 cm³/mol. The third-order valence-corrected chi connectivity index (χ3v) is 4.85. The molecule has 1 saturated heterocycles. The van der Waals surface area contributed by atoms with E-state index in [9.17, 15) is 9.59 Å². The second kappa shape index (κ2) is 7.10. The van der Waals surface area contributed by atoms with Crippen molar-refractivity contribution in [2.24, 2.45) is 0 Å². The average molecular weight is 314 g/mol. The standard InChI is InChI=1S/C13H18N2O3S2/c1-3-18-13(17)9-6-8(2)20-12(9)15-11(16)10-7-19-5-4-14-10/h6,10,14H,3-5,7H2,1-2H3,(H,15,16). The average Bonchev–Trinajstić information content (AvgIpc) is 2.81. The van der Waals surface area contributed by atoms with E-state index >= 15 is 0 Å². The van der Waals surface area contributed by atoms with Crippen molar-refractivity contribution in [3.63, 3.8) is 0 Å². The number of aryl methyl sites for hydroxylation is 1. The molecule has 5 nitrogen and oxygen atoms in total. The first-order valence-electron chi connectivity index (χ1n) is 6.51. The molecule has 110 valence electrons. The van der Waals surface area contributed by atoms with Gasteiger partial charge in [0.25, 0.3) is 0 Å². The lowest BCUT2D eigenvalue weighted by Gasteiger charge is -2.22. The first-order valence-corrected chi connectivity index (χ1v) is 8.48. The van der Waals surface area contributed by atoms with Gasteiger partial charge in [-0.3, -0.25) is 4.79 Å². The minimum Gasteiger partial charge on any atom is -0.462 e. The minimum absolute atomic E-state index is 0.0930. The van der Waals surface area contributed by atoms with Gasteiger partial charge in [-0.2, -0.15) is 11.8 Å². The van der Waals surface area contributed by atoms with Gasteiger partial charge in [0.05, 0.1) is 18.2 Å². The van der Waals surface area contributed by atoms with Gasteiger partial charge >= 0.3 is 5.97 Å². The first-order chi connectivity index (χ1) is 9.61. The first kappa shape index (κ1) is 15.3. The maximum absolute atomic E-state index is 12.2. The number of anilines is 1. The summed E-state index contributed by atoms with van der Waals surface area (Å²) in [6, 6.07) is 1.55. The number of carbonyl (C=O) groups excluding carboxylic acids is 2. The lowest BCUT2D eigenvalue weighted by Crippen LogP contribution is -2.46. The number of esters is 1. The molecular weight excluding hydrogens is 296 g/mol. The summed E-state index contributed by atoms with van der Waals surface area (Å²) in [5.74, 6) is 1.30. The number of amides is 1. The molecule has 1 aromatic heterocycles. The van der Waals surface area contributed by atoms with Crippen molar-refractivity contribution in [2.75, 3.05) is 30.0 Å². The molecule has 0 radical (unpaired) electrons. The van der Waals surface area contributed by atoms with E-state index in [2.05, 4.69) is 10.6 Å². The molecule has 0 bridgehead atoms. The molecule has 20 heavy (non-hydrogen) atoms. The summed E-state index contributed by atoms with van der Waals surface area (Å²) in [7, 11) is 0. The fourth-order valence-corrected chi connectivity index (χ4v) is 3.74. The summed E-state index contributed by atoms with van der Waals surface area (Å²) >= 11 is 3.15. The van der Waals surface area contributed by atoms with Gasteiger partial charge in [-0.25, -0.2) is 4.79 Å². The highest BCUT2D eigenvalue weighted by Crippen LogP contribution is 2.28. The monoisotopic (exact) mass is 314 g/mol. The van der Waals surface area contributed by atoms with Gasteiger partial charge in [0.2, 0.25) is 5.91 Å². The summed E-state index contributed by atoms with van der Waals surface area (Å²) in [6.07, 6.45) is 0. The Morgan fingerprint density at radius 2 is 2.35 bits per heavy atom. The Kier molecular flexibility index (Phi) is 5.45. The van der Waals surface area contributed by atoms with E-state index in [0.29, 0.717) is 17.2 Å². The van der Waals surface area contributed by atoms with Crippen LogP contribution in [0.5, 0.6) is 0 Å². The van der Waals surface area contributed by atoms with Crippen molar-refractivity contribution in [2.45, 2.75) is 19.9 Å². The van der Waals surface area contributed by atoms with Crippen molar-refractivity contribution >= 4 is 40.0 Å². The van der Waals surface area contributed by atoms with Crippen molar-refractivity contribution in [1.29, 1.82) is 0 Å². The highest BCUT2D eigenvalue weighted by Gasteiger charge is 2.24. The van der Waals surface area contributed by atoms with Crippen LogP contribution in [0.15, 0.2) is 6.07 Å². The van der Waals surface area contributed by atoms with Crippen LogP contribution in [0.25, 0.3) is 0 Å². The molecule has 7 heteroatoms. The van der Waals surface area contributed by atoms with Gasteiger partial charge in [0.1, 0.15) is 5.00 Å². The normalized spacial score (nSPS) is 18.6. The van der Waals surface area contributed by atoms with Gasteiger partial charge in [0, 0.05) is 22.9 Å². The zero-order chi connectivity index (χ0) is 14.5. The van der Waals surface area contributed by atoms with Gasteiger partial charge in [-0.05, 0) is 19.9 Å². The van der Waals surface area contributed by atoms with Crippen LogP contribution in [0.4, 0.5) is 5.00 Å². The van der Waals surface area contributed by atoms with Crippen molar-refractivity contribution < 1.29 is 14.3 Å². The molecule has 2 N–H and O–H groups in total. The van der Waals surface area contributed by atoms with Crippen LogP contribution < -0.4 is 10.6 Å². The largest absolute Gasteiger partial charge is 0.462 e. The Bertz CT molecular complexity index is 496. The van der Waals surface area contributed by atoms with Crippen molar-refractivity contribution in [3.05, 3.63) is 16.5 Å². The maximum Gasteiger partial charge on any atom is 0.341 e. The maximum atomic E-state index is 12.2. The van der Waals surface area contributed by atoms with Crippen LogP contribution in [0.1, 0.15) is 22.2 Å². The predicted octanol–water partition coefficient (Wildman–Crippen LogP) is 1.88. The number of hydrogen-bond acceptors (Lipinski definition) is 6. The van der Waals surface area contributed by atoms with Crippen LogP contribution in [0.2, 0.25) is 0 Å². The number of nitrogens with one attached hydrogen (secondary N) is 2. The zero-order valence-corrected chi connectivity index (χ0v) is 13.2. The topological polar surface area (TPSA) is 67.4 Å². The summed E-state index contributed by atoms with van der Waals surface area (Å²) in [4.78, 5) is 25.0. The quantitative estimate of drug-likeness (QED) is 0.831. The summed E-state index contributed by atoms with van der Waals surface area (Å²) in [6.45, 7) is 4.81. The van der Waals surface area contributed by atoms with E-state index < -0.39 is 5.97 Å². The number of carbonyl (C=O) groups is 2. The Morgan fingerprint density at radius 1 is 1.55 bits per heavy atom. The van der Waals surface area contributed by atoms with E-state index in [1.807, 2.05) is 6.92 Å². The van der Waals surface area contributed by atoms with Gasteiger partial charge in [0.15, 0.2) is 0 Å². The van der Waals surface area contributed by atoms with E-state index in [0.717, 1.165) is 22.9 Å². The van der Waals surface area contributed by atoms with E-state index in [1.54, 1.807) is 24.8 Å². The molecule has 2 rings (SSSR count). The highest BCUT2D eigenvalue weighted by molar-refractivity contribution is 7.99. The van der Waals surface area contributed by atoms with Crippen LogP contribution in [0.3, 0.4) is 0 Å². The van der Waals surface area contributed by atoms with E-state index in [-0.39, 0.29) is 11.9 Å². The molecule has 1 aliphatic heterocycles. The lowest BCUT2D eigenvalue weighted by molar-refractivity contribution is -0.117. The van der Waals surface area contributed by atoms with Crippen LogP contribution in [-0.2, 0) is 9.53 Å². The number of thioether (sulfide) groups is 1. The number of rotatable bonds is 4. The molecule has 1 unspecified atom stereocenters. The second-order valence-electron chi connectivity index (χ2n) is 4.39. The highest BCUT2D eigenvalue weighted by atomic mass is 32.2. The third kappa shape index (κ3) is 3.74. The van der Waals surface area contributed by atoms with E-state index in [4.69, 9.17) is 4.74 Å². The molecule has 1 aliphatic rings. The molecule has 0 saturated carbocycles. The molecule has 0 spiro atoms. The molecule has 0 aromatic carbocycles. The minimum atomic E-state index is -0.391. The fourth-order valence-electron chi connectivity index (χ4n) is 1.90. The van der Waals surface area contributed by atoms with Gasteiger partial charge < -0.3 is 15.4 Å². The Balaban J connectivity index is 2.08. The molecule has 1 aromatic rings. The van der Waals surface area contributed by atoms with Crippen LogP contribution in [-0.4, -0.2) is 42.6 Å². The lowest BCUT2D eigenvalue weighted by atomic mass is 10.2. The summed E-state index contributed by atoms with van der Waals surface area (Å²) in [5.41, 5.74) is 0.436. The summed E-state index contributed by atoms with van der Waals surface area (Å²) in [5, 5.41) is 6.59. The molecule has 1 atom stereocenters. The van der Waals surface area contributed by atoms with Crippen LogP contribution >= 0.6 is 23.1 Å². The smallest absolute Gasteiger partial charge is 0.341 e. The number of thiophene rings is 1. The molecule has 1 amide bonds. The third-order valence-electron chi connectivity index (χ3n) is 2.83. The second-order valence-corrected chi connectivity index (χ2v) is 6.80. The van der Waals surface area contributed by atoms with Crippen LogP contribution in [0, 0.1) is 6.92 Å². The molecule has 1 fully saturated rings. The van der Waals surface area contributed by atoms with Crippen molar-refractivity contribution in [3.8, 4) is 0 Å². The Labute approximate surface area is 126 Å². The number of hydrogen-bond donors (Lipinski definition) is 2. The molecule has 0 aliphatic carbocycles. The van der Waals surface area contributed by atoms with Gasteiger partial charge in [-0.1, -0.05) is 0 Å². The Morgan fingerprint density at radius 3 is 3.00 bits per heavy atom.